The molecule has 5 nitrogen and oxygen atoms in total. The van der Waals surface area contributed by atoms with Crippen LogP contribution in [0.2, 0.25) is 0 Å². The van der Waals surface area contributed by atoms with Gasteiger partial charge in [-0.1, -0.05) is 18.2 Å². The predicted molar refractivity (Wildman–Crippen MR) is 67.6 cm³/mol. The van der Waals surface area contributed by atoms with E-state index in [-0.39, 0.29) is 5.91 Å². The number of fused-ring (bicyclic) bond motifs is 1. The van der Waals surface area contributed by atoms with Crippen molar-refractivity contribution in [1.29, 1.82) is 0 Å². The maximum atomic E-state index is 11.5. The Morgan fingerprint density at radius 3 is 2.47 bits per heavy atom. The van der Waals surface area contributed by atoms with E-state index in [9.17, 15) is 13.2 Å². The fourth-order valence-electron chi connectivity index (χ4n) is 1.40. The van der Waals surface area contributed by atoms with Gasteiger partial charge in [0.2, 0.25) is 0 Å². The summed E-state index contributed by atoms with van der Waals surface area (Å²) in [6, 6.07) is 7.73. The smallest absolute Gasteiger partial charge is 0.264 e. The van der Waals surface area contributed by atoms with Gasteiger partial charge >= 0.3 is 0 Å². The normalized spacial score (nSPS) is 14.8. The number of halogens is 1. The van der Waals surface area contributed by atoms with Crippen molar-refractivity contribution < 1.29 is 17.8 Å². The monoisotopic (exact) mass is 321 g/mol. The van der Waals surface area contributed by atoms with Gasteiger partial charge in [0.05, 0.1) is 22.4 Å². The van der Waals surface area contributed by atoms with E-state index >= 15 is 0 Å². The minimum atomic E-state index is -3.67. The van der Waals surface area contributed by atoms with Crippen molar-refractivity contribution in [2.24, 2.45) is 0 Å². The largest absolute Gasteiger partial charge is 0.286 e. The van der Waals surface area contributed by atoms with E-state index < -0.39 is 10.1 Å². The van der Waals surface area contributed by atoms with E-state index in [4.69, 9.17) is 4.55 Å². The van der Waals surface area contributed by atoms with Crippen LogP contribution in [0, 0.1) is 0 Å². The molecule has 0 saturated carbocycles. The molecule has 0 unspecified atom stereocenters. The summed E-state index contributed by atoms with van der Waals surface area (Å²) < 4.78 is 27.4. The van der Waals surface area contributed by atoms with Gasteiger partial charge in [-0.2, -0.15) is 8.42 Å². The van der Waals surface area contributed by atoms with Gasteiger partial charge in [-0.05, 0) is 18.1 Å². The molecule has 17 heavy (non-hydrogen) atoms. The summed E-state index contributed by atoms with van der Waals surface area (Å²) in [6.07, 6.45) is 1.65. The number of rotatable bonds is 0. The van der Waals surface area contributed by atoms with E-state index in [2.05, 4.69) is 16.1 Å². The third-order valence-corrected chi connectivity index (χ3v) is 2.72. The molecule has 0 aromatic heterocycles. The van der Waals surface area contributed by atoms with Gasteiger partial charge in [-0.25, -0.2) is 0 Å². The van der Waals surface area contributed by atoms with E-state index in [0.717, 1.165) is 24.1 Å². The predicted octanol–water partition coefficient (Wildman–Crippen LogP) is 1.50. The quantitative estimate of drug-likeness (QED) is 0.580. The minimum Gasteiger partial charge on any atom is -0.286 e. The van der Waals surface area contributed by atoms with Crippen molar-refractivity contribution >= 4 is 32.2 Å². The molecule has 1 aliphatic heterocycles. The Morgan fingerprint density at radius 1 is 1.35 bits per heavy atom. The zero-order chi connectivity index (χ0) is 13.1. The van der Waals surface area contributed by atoms with Crippen LogP contribution in [0.3, 0.4) is 0 Å². The van der Waals surface area contributed by atoms with Crippen LogP contribution in [-0.4, -0.2) is 35.6 Å². The highest BCUT2D eigenvalue weighted by Gasteiger charge is 2.21. The highest BCUT2D eigenvalue weighted by Crippen LogP contribution is 2.20. The second-order valence-electron chi connectivity index (χ2n) is 3.53. The molecule has 1 aromatic carbocycles. The highest BCUT2D eigenvalue weighted by molar-refractivity contribution is 9.07. The number of nitrogens with zero attached hydrogens (tertiary/aromatic N) is 1. The van der Waals surface area contributed by atoms with Crippen LogP contribution in [0.1, 0.15) is 15.9 Å². The van der Waals surface area contributed by atoms with Crippen LogP contribution in [-0.2, 0) is 16.5 Å². The Bertz CT molecular complexity index is 507. The Hall–Kier alpha value is -0.920. The lowest BCUT2D eigenvalue weighted by atomic mass is 10.0. The fourth-order valence-corrected chi connectivity index (χ4v) is 1.77. The van der Waals surface area contributed by atoms with Crippen LogP contribution in [0.15, 0.2) is 24.3 Å². The topological polar surface area (TPSA) is 74.7 Å². The molecule has 2 rings (SSSR count). The third-order valence-electron chi connectivity index (χ3n) is 2.05. The number of carbonyl (C=O) groups excluding carboxylic acids is 1. The van der Waals surface area contributed by atoms with Gasteiger partial charge in [-0.15, -0.1) is 0 Å². The molecule has 0 atom stereocenters. The summed E-state index contributed by atoms with van der Waals surface area (Å²) in [4.78, 5) is 11.5. The lowest BCUT2D eigenvalue weighted by molar-refractivity contribution is 0.0868. The summed E-state index contributed by atoms with van der Waals surface area (Å²) in [6.45, 7) is 0.760. The van der Waals surface area contributed by atoms with Crippen molar-refractivity contribution in [2.45, 2.75) is 6.42 Å². The number of amides is 1. The fraction of sp³-hybridized carbons (Fsp3) is 0.300. The molecule has 0 radical (unpaired) electrons. The standard InChI is InChI=1S/C9H8BrNO.CH4O3S/c10-11-6-5-7-3-1-2-4-8(7)9(11)12;1-5(2,3)4/h1-4H,5-6H2;1H3,(H,2,3,4). The molecular formula is C10H12BrNO4S. The first-order valence-corrected chi connectivity index (χ1v) is 7.33. The Kier molecular flexibility index (Phi) is 4.67. The van der Waals surface area contributed by atoms with Crippen LogP contribution in [0.5, 0.6) is 0 Å². The molecule has 0 fully saturated rings. The van der Waals surface area contributed by atoms with Gasteiger partial charge < -0.3 is 0 Å². The van der Waals surface area contributed by atoms with E-state index in [1.54, 1.807) is 3.93 Å². The first kappa shape index (κ1) is 14.1. The summed E-state index contributed by atoms with van der Waals surface area (Å²) in [7, 11) is -3.67. The SMILES string of the molecule is CS(=O)(=O)O.O=C1c2ccccc2CCN1Br. The lowest BCUT2D eigenvalue weighted by Crippen LogP contribution is -2.29. The second-order valence-corrected chi connectivity index (χ2v) is 5.85. The Balaban J connectivity index is 0.000000249. The van der Waals surface area contributed by atoms with Crippen molar-refractivity contribution in [3.8, 4) is 0 Å². The molecule has 94 valence electrons. The van der Waals surface area contributed by atoms with Gasteiger partial charge in [0.15, 0.2) is 0 Å². The first-order chi connectivity index (χ1) is 7.79. The number of carbonyl (C=O) groups is 1. The molecule has 0 saturated heterocycles. The van der Waals surface area contributed by atoms with Gasteiger partial charge in [0.25, 0.3) is 16.0 Å². The Morgan fingerprint density at radius 2 is 1.88 bits per heavy atom. The van der Waals surface area contributed by atoms with Crippen LogP contribution >= 0.6 is 16.1 Å². The molecule has 1 heterocycles. The van der Waals surface area contributed by atoms with Crippen molar-refractivity contribution in [1.82, 2.24) is 3.93 Å². The zero-order valence-corrected chi connectivity index (χ0v) is 11.5. The molecule has 1 N–H and O–H groups in total. The molecule has 0 aliphatic carbocycles. The van der Waals surface area contributed by atoms with Crippen LogP contribution in [0.4, 0.5) is 0 Å². The molecule has 7 heteroatoms. The molecule has 0 spiro atoms. The summed E-state index contributed by atoms with van der Waals surface area (Å²) in [5.41, 5.74) is 1.97. The summed E-state index contributed by atoms with van der Waals surface area (Å²) >= 11 is 3.21. The van der Waals surface area contributed by atoms with E-state index in [1.165, 1.54) is 0 Å². The van der Waals surface area contributed by atoms with Gasteiger partial charge in [-0.3, -0.25) is 13.3 Å². The highest BCUT2D eigenvalue weighted by atomic mass is 79.9. The average Bonchev–Trinajstić information content (AvgIpc) is 2.22. The average molecular weight is 322 g/mol. The second kappa shape index (κ2) is 5.61. The number of hydrogen-bond acceptors (Lipinski definition) is 3. The Labute approximate surface area is 109 Å². The maximum Gasteiger partial charge on any atom is 0.264 e. The van der Waals surface area contributed by atoms with E-state index in [1.807, 2.05) is 24.3 Å². The molecule has 1 amide bonds. The van der Waals surface area contributed by atoms with Gasteiger partial charge in [0, 0.05) is 12.1 Å². The zero-order valence-electron chi connectivity index (χ0n) is 9.13. The lowest BCUT2D eigenvalue weighted by Gasteiger charge is -2.22. The van der Waals surface area contributed by atoms with E-state index in [0.29, 0.717) is 6.26 Å². The summed E-state index contributed by atoms with van der Waals surface area (Å²) in [5, 5.41) is 0. The number of hydrogen-bond donors (Lipinski definition) is 1. The van der Waals surface area contributed by atoms with Crippen molar-refractivity contribution in [3.63, 3.8) is 0 Å². The third kappa shape index (κ3) is 4.84. The molecule has 1 aromatic rings. The van der Waals surface area contributed by atoms with Crippen LogP contribution in [0.25, 0.3) is 0 Å². The number of benzene rings is 1. The molecule has 1 aliphatic rings. The maximum absolute atomic E-state index is 11.5. The first-order valence-electron chi connectivity index (χ1n) is 4.77. The van der Waals surface area contributed by atoms with Crippen LogP contribution < -0.4 is 0 Å². The van der Waals surface area contributed by atoms with Gasteiger partial charge in [0.1, 0.15) is 0 Å². The minimum absolute atomic E-state index is 0.0665. The molecule has 0 bridgehead atoms. The molecular weight excluding hydrogens is 310 g/mol. The van der Waals surface area contributed by atoms with Crippen molar-refractivity contribution in [3.05, 3.63) is 35.4 Å². The summed E-state index contributed by atoms with van der Waals surface area (Å²) in [5.74, 6) is 0.0665. The van der Waals surface area contributed by atoms with Crippen molar-refractivity contribution in [2.75, 3.05) is 12.8 Å².